The number of halogens is 1. The molecule has 1 heterocycles. The molecule has 5 nitrogen and oxygen atoms in total. The fourth-order valence-corrected chi connectivity index (χ4v) is 1.73. The van der Waals surface area contributed by atoms with Crippen LogP contribution >= 0.6 is 24.0 Å². The molecule has 0 aromatic carbocycles. The predicted molar refractivity (Wildman–Crippen MR) is 92.9 cm³/mol. The summed E-state index contributed by atoms with van der Waals surface area (Å²) in [5.41, 5.74) is 1.12. The minimum Gasteiger partial charge on any atom is -0.466 e. The van der Waals surface area contributed by atoms with Gasteiger partial charge in [0.2, 0.25) is 0 Å². The van der Waals surface area contributed by atoms with Crippen molar-refractivity contribution in [3.05, 3.63) is 23.2 Å². The van der Waals surface area contributed by atoms with E-state index in [9.17, 15) is 0 Å². The second kappa shape index (κ2) is 11.0. The molecule has 0 saturated carbocycles. The zero-order valence-electron chi connectivity index (χ0n) is 12.8. The van der Waals surface area contributed by atoms with E-state index >= 15 is 0 Å². The number of hydrogen-bond acceptors (Lipinski definition) is 3. The van der Waals surface area contributed by atoms with Crippen molar-refractivity contribution in [1.82, 2.24) is 10.6 Å². The smallest absolute Gasteiger partial charge is 0.191 e. The first-order chi connectivity index (χ1) is 9.17. The second-order valence-corrected chi connectivity index (χ2v) is 4.26. The highest BCUT2D eigenvalue weighted by atomic mass is 127. The highest BCUT2D eigenvalue weighted by molar-refractivity contribution is 14.0. The molecule has 6 heteroatoms. The Morgan fingerprint density at radius 2 is 2.05 bits per heavy atom. The number of nitrogens with zero attached hydrogens (tertiary/aromatic N) is 1. The van der Waals surface area contributed by atoms with Gasteiger partial charge in [-0.1, -0.05) is 0 Å². The summed E-state index contributed by atoms with van der Waals surface area (Å²) in [5, 5.41) is 6.44. The summed E-state index contributed by atoms with van der Waals surface area (Å²) in [6, 6.07) is 2.03. The molecule has 0 bridgehead atoms. The van der Waals surface area contributed by atoms with Crippen LogP contribution in [0.2, 0.25) is 0 Å². The van der Waals surface area contributed by atoms with E-state index in [1.165, 1.54) is 0 Å². The van der Waals surface area contributed by atoms with Crippen LogP contribution in [-0.4, -0.2) is 32.3 Å². The maximum Gasteiger partial charge on any atom is 0.191 e. The maximum absolute atomic E-state index is 5.49. The van der Waals surface area contributed by atoms with Crippen molar-refractivity contribution in [2.45, 2.75) is 34.2 Å². The van der Waals surface area contributed by atoms with Crippen LogP contribution in [0.4, 0.5) is 0 Å². The van der Waals surface area contributed by atoms with Crippen LogP contribution < -0.4 is 10.6 Å². The van der Waals surface area contributed by atoms with E-state index in [-0.39, 0.29) is 24.0 Å². The second-order valence-electron chi connectivity index (χ2n) is 4.26. The Hall–Kier alpha value is -0.760. The van der Waals surface area contributed by atoms with Crippen molar-refractivity contribution in [3.63, 3.8) is 0 Å². The highest BCUT2D eigenvalue weighted by Gasteiger charge is 2.04. The van der Waals surface area contributed by atoms with Crippen molar-refractivity contribution in [3.8, 4) is 0 Å². The number of aryl methyl sites for hydroxylation is 2. The Morgan fingerprint density at radius 1 is 1.30 bits per heavy atom. The monoisotopic (exact) mass is 395 g/mol. The molecule has 0 aliphatic carbocycles. The lowest BCUT2D eigenvalue weighted by Crippen LogP contribution is -2.39. The first-order valence-electron chi connectivity index (χ1n) is 6.83. The number of guanidine groups is 1. The summed E-state index contributed by atoms with van der Waals surface area (Å²) in [6.45, 7) is 11.6. The van der Waals surface area contributed by atoms with Crippen molar-refractivity contribution in [2.75, 3.05) is 26.3 Å². The fraction of sp³-hybridized carbons (Fsp3) is 0.643. The van der Waals surface area contributed by atoms with Crippen molar-refractivity contribution in [1.29, 1.82) is 0 Å². The SMILES string of the molecule is CCNC(=NCc1cc(C)oc1C)NCCOCC.I. The van der Waals surface area contributed by atoms with Crippen LogP contribution in [0.3, 0.4) is 0 Å². The molecule has 20 heavy (non-hydrogen) atoms. The molecule has 1 aromatic rings. The topological polar surface area (TPSA) is 58.8 Å². The van der Waals surface area contributed by atoms with Gasteiger partial charge in [-0.25, -0.2) is 4.99 Å². The Balaban J connectivity index is 0.00000361. The van der Waals surface area contributed by atoms with E-state index in [1.807, 2.05) is 33.8 Å². The minimum atomic E-state index is 0. The van der Waals surface area contributed by atoms with E-state index in [2.05, 4.69) is 15.6 Å². The summed E-state index contributed by atoms with van der Waals surface area (Å²) >= 11 is 0. The van der Waals surface area contributed by atoms with Gasteiger partial charge in [0.05, 0.1) is 13.2 Å². The molecule has 2 N–H and O–H groups in total. The number of furan rings is 1. The van der Waals surface area contributed by atoms with Gasteiger partial charge < -0.3 is 19.8 Å². The molecular weight excluding hydrogens is 369 g/mol. The summed E-state index contributed by atoms with van der Waals surface area (Å²) in [6.07, 6.45) is 0. The standard InChI is InChI=1S/C14H25N3O2.HI/c1-5-15-14(16-7-8-18-6-2)17-10-13-9-11(3)19-12(13)4;/h9H,5-8,10H2,1-4H3,(H2,15,16,17);1H. The fourth-order valence-electron chi connectivity index (χ4n) is 1.73. The van der Waals surface area contributed by atoms with Gasteiger partial charge in [0, 0.05) is 25.3 Å². The normalized spacial score (nSPS) is 11.1. The summed E-state index contributed by atoms with van der Waals surface area (Å²) in [5.74, 6) is 2.67. The molecule has 1 rings (SSSR count). The largest absolute Gasteiger partial charge is 0.466 e. The van der Waals surface area contributed by atoms with E-state index in [1.54, 1.807) is 0 Å². The number of hydrogen-bond donors (Lipinski definition) is 2. The molecule has 1 aromatic heterocycles. The lowest BCUT2D eigenvalue weighted by atomic mass is 10.2. The van der Waals surface area contributed by atoms with Gasteiger partial charge in [0.1, 0.15) is 11.5 Å². The minimum absolute atomic E-state index is 0. The molecule has 0 amide bonds. The van der Waals surface area contributed by atoms with Gasteiger partial charge in [-0.3, -0.25) is 0 Å². The number of nitrogens with one attached hydrogen (secondary N) is 2. The van der Waals surface area contributed by atoms with Gasteiger partial charge in [0.25, 0.3) is 0 Å². The van der Waals surface area contributed by atoms with Crippen LogP contribution in [0, 0.1) is 13.8 Å². The third-order valence-electron chi connectivity index (χ3n) is 2.64. The van der Waals surface area contributed by atoms with Gasteiger partial charge in [0.15, 0.2) is 5.96 Å². The Kier molecular flexibility index (Phi) is 10.5. The van der Waals surface area contributed by atoms with Crippen molar-refractivity contribution < 1.29 is 9.15 Å². The number of aliphatic imine (C=N–C) groups is 1. The quantitative estimate of drug-likeness (QED) is 0.323. The molecule has 0 unspecified atom stereocenters. The lowest BCUT2D eigenvalue weighted by Gasteiger charge is -2.10. The summed E-state index contributed by atoms with van der Waals surface area (Å²) in [7, 11) is 0. The first kappa shape index (κ1) is 19.2. The Labute approximate surface area is 138 Å². The van der Waals surface area contributed by atoms with E-state index in [4.69, 9.17) is 9.15 Å². The Morgan fingerprint density at radius 3 is 2.60 bits per heavy atom. The van der Waals surface area contributed by atoms with Crippen LogP contribution in [0.1, 0.15) is 30.9 Å². The zero-order chi connectivity index (χ0) is 14.1. The average molecular weight is 395 g/mol. The number of ether oxygens (including phenoxy) is 1. The Bertz CT molecular complexity index is 405. The average Bonchev–Trinajstić information content (AvgIpc) is 2.70. The summed E-state index contributed by atoms with van der Waals surface area (Å²) in [4.78, 5) is 4.53. The lowest BCUT2D eigenvalue weighted by molar-refractivity contribution is 0.152. The van der Waals surface area contributed by atoms with E-state index in [0.717, 1.165) is 42.7 Å². The molecule has 0 aliphatic rings. The molecule has 0 radical (unpaired) electrons. The maximum atomic E-state index is 5.49. The van der Waals surface area contributed by atoms with Crippen LogP contribution in [0.5, 0.6) is 0 Å². The highest BCUT2D eigenvalue weighted by Crippen LogP contribution is 2.14. The zero-order valence-corrected chi connectivity index (χ0v) is 15.1. The third kappa shape index (κ3) is 7.14. The van der Waals surface area contributed by atoms with Crippen LogP contribution in [-0.2, 0) is 11.3 Å². The molecule has 116 valence electrons. The van der Waals surface area contributed by atoms with Crippen molar-refractivity contribution >= 4 is 29.9 Å². The molecule has 0 saturated heterocycles. The molecule has 0 atom stereocenters. The van der Waals surface area contributed by atoms with Gasteiger partial charge >= 0.3 is 0 Å². The molecule has 0 fully saturated rings. The predicted octanol–water partition coefficient (Wildman–Crippen LogP) is 2.61. The number of rotatable bonds is 7. The first-order valence-corrected chi connectivity index (χ1v) is 6.83. The van der Waals surface area contributed by atoms with Crippen LogP contribution in [0.15, 0.2) is 15.5 Å². The molecule has 0 aliphatic heterocycles. The van der Waals surface area contributed by atoms with E-state index in [0.29, 0.717) is 13.2 Å². The van der Waals surface area contributed by atoms with Crippen LogP contribution in [0.25, 0.3) is 0 Å². The summed E-state index contributed by atoms with van der Waals surface area (Å²) < 4.78 is 10.8. The van der Waals surface area contributed by atoms with Crippen molar-refractivity contribution in [2.24, 2.45) is 4.99 Å². The van der Waals surface area contributed by atoms with Gasteiger partial charge in [-0.05, 0) is 33.8 Å². The molecule has 0 spiro atoms. The van der Waals surface area contributed by atoms with E-state index < -0.39 is 0 Å². The molecular formula is C14H26IN3O2. The van der Waals surface area contributed by atoms with Gasteiger partial charge in [-0.2, -0.15) is 0 Å². The van der Waals surface area contributed by atoms with Gasteiger partial charge in [-0.15, -0.1) is 24.0 Å². The third-order valence-corrected chi connectivity index (χ3v) is 2.64.